The molecule has 0 radical (unpaired) electrons. The molecule has 4 heteroatoms. The largest absolute Gasteiger partial charge is 0.490 e. The van der Waals surface area contributed by atoms with E-state index in [4.69, 9.17) is 21.1 Å². The van der Waals surface area contributed by atoms with Crippen molar-refractivity contribution in [2.24, 2.45) is 0 Å². The number of ether oxygens (including phenoxy) is 2. The molecule has 1 saturated heterocycles. The molecule has 0 amide bonds. The molecule has 1 aromatic rings. The summed E-state index contributed by atoms with van der Waals surface area (Å²) in [6, 6.07) is 5.61. The lowest BCUT2D eigenvalue weighted by molar-refractivity contribution is 0.0255. The van der Waals surface area contributed by atoms with Crippen molar-refractivity contribution < 1.29 is 9.47 Å². The summed E-state index contributed by atoms with van der Waals surface area (Å²) in [5.41, 5.74) is 0. The van der Waals surface area contributed by atoms with Gasteiger partial charge in [-0.2, -0.15) is 0 Å². The van der Waals surface area contributed by atoms with Gasteiger partial charge in [0.1, 0.15) is 11.9 Å². The van der Waals surface area contributed by atoms with Gasteiger partial charge in [0, 0.05) is 22.3 Å². The first kappa shape index (κ1) is 11.2. The van der Waals surface area contributed by atoms with Crippen molar-refractivity contribution in [3.05, 3.63) is 27.7 Å². The molecule has 1 aromatic carbocycles. The Hall–Kier alpha value is -0.250. The van der Waals surface area contributed by atoms with Crippen LogP contribution in [-0.2, 0) is 4.74 Å². The summed E-state index contributed by atoms with van der Waals surface area (Å²) in [4.78, 5) is 0. The van der Waals surface area contributed by atoms with Crippen molar-refractivity contribution in [3.63, 3.8) is 0 Å². The molecule has 1 aliphatic heterocycles. The summed E-state index contributed by atoms with van der Waals surface area (Å²) in [6.45, 7) is 1.57. The van der Waals surface area contributed by atoms with Crippen LogP contribution in [-0.4, -0.2) is 19.3 Å². The van der Waals surface area contributed by atoms with Gasteiger partial charge in [-0.25, -0.2) is 0 Å². The molecule has 0 N–H and O–H groups in total. The molecule has 0 unspecified atom stereocenters. The first-order chi connectivity index (χ1) is 7.24. The minimum atomic E-state index is 0.254. The highest BCUT2D eigenvalue weighted by Crippen LogP contribution is 2.26. The molecular formula is C11H12BrClO2. The van der Waals surface area contributed by atoms with E-state index in [9.17, 15) is 0 Å². The monoisotopic (exact) mass is 290 g/mol. The van der Waals surface area contributed by atoms with Gasteiger partial charge in [0.05, 0.1) is 13.2 Å². The molecule has 0 bridgehead atoms. The molecule has 2 rings (SSSR count). The minimum absolute atomic E-state index is 0.254. The standard InChI is InChI=1S/C11H12BrClO2/c12-8-5-9(13)7-11(6-8)15-10-1-3-14-4-2-10/h5-7,10H,1-4H2. The maximum Gasteiger partial charge on any atom is 0.122 e. The maximum absolute atomic E-state index is 5.93. The summed E-state index contributed by atoms with van der Waals surface area (Å²) in [5.74, 6) is 0.821. The highest BCUT2D eigenvalue weighted by atomic mass is 79.9. The van der Waals surface area contributed by atoms with E-state index in [1.165, 1.54) is 0 Å². The third kappa shape index (κ3) is 3.37. The highest BCUT2D eigenvalue weighted by molar-refractivity contribution is 9.10. The van der Waals surface area contributed by atoms with Gasteiger partial charge in [-0.1, -0.05) is 27.5 Å². The Bertz CT molecular complexity index is 317. The quantitative estimate of drug-likeness (QED) is 0.828. The molecule has 0 aliphatic carbocycles. The van der Waals surface area contributed by atoms with Crippen molar-refractivity contribution in [1.82, 2.24) is 0 Å². The second kappa shape index (κ2) is 5.19. The number of rotatable bonds is 2. The van der Waals surface area contributed by atoms with Gasteiger partial charge in [-0.3, -0.25) is 0 Å². The van der Waals surface area contributed by atoms with Crippen LogP contribution in [0.25, 0.3) is 0 Å². The van der Waals surface area contributed by atoms with Crippen LogP contribution >= 0.6 is 27.5 Å². The summed E-state index contributed by atoms with van der Waals surface area (Å²) in [7, 11) is 0. The molecule has 82 valence electrons. The topological polar surface area (TPSA) is 18.5 Å². The Kier molecular flexibility index (Phi) is 3.89. The van der Waals surface area contributed by atoms with E-state index in [1.807, 2.05) is 18.2 Å². The Balaban J connectivity index is 2.02. The number of halogens is 2. The third-order valence-electron chi connectivity index (χ3n) is 2.31. The van der Waals surface area contributed by atoms with E-state index in [0.717, 1.165) is 36.3 Å². The molecular weight excluding hydrogens is 279 g/mol. The van der Waals surface area contributed by atoms with Crippen molar-refractivity contribution in [1.29, 1.82) is 0 Å². The number of hydrogen-bond acceptors (Lipinski definition) is 2. The SMILES string of the molecule is Clc1cc(Br)cc(OC2CCOCC2)c1. The summed E-state index contributed by atoms with van der Waals surface area (Å²) in [6.07, 6.45) is 2.15. The van der Waals surface area contributed by atoms with Crippen LogP contribution < -0.4 is 4.74 Å². The summed E-state index contributed by atoms with van der Waals surface area (Å²) < 4.78 is 12.0. The summed E-state index contributed by atoms with van der Waals surface area (Å²) in [5, 5.41) is 0.687. The lowest BCUT2D eigenvalue weighted by Crippen LogP contribution is -2.25. The fourth-order valence-electron chi connectivity index (χ4n) is 1.58. The van der Waals surface area contributed by atoms with Gasteiger partial charge in [0.15, 0.2) is 0 Å². The van der Waals surface area contributed by atoms with Crippen LogP contribution in [0.1, 0.15) is 12.8 Å². The Morgan fingerprint density at radius 3 is 2.67 bits per heavy atom. The normalized spacial score (nSPS) is 17.7. The van der Waals surface area contributed by atoms with Crippen LogP contribution in [0.4, 0.5) is 0 Å². The maximum atomic E-state index is 5.93. The Morgan fingerprint density at radius 1 is 1.27 bits per heavy atom. The van der Waals surface area contributed by atoms with Gasteiger partial charge in [0.2, 0.25) is 0 Å². The van der Waals surface area contributed by atoms with Crippen molar-refractivity contribution in [3.8, 4) is 5.75 Å². The second-order valence-corrected chi connectivity index (χ2v) is 4.89. The lowest BCUT2D eigenvalue weighted by Gasteiger charge is -2.23. The van der Waals surface area contributed by atoms with E-state index in [0.29, 0.717) is 5.02 Å². The average Bonchev–Trinajstić information content (AvgIpc) is 2.17. The van der Waals surface area contributed by atoms with E-state index in [1.54, 1.807) is 0 Å². The molecule has 0 aromatic heterocycles. The van der Waals surface area contributed by atoms with E-state index in [-0.39, 0.29) is 6.10 Å². The number of hydrogen-bond donors (Lipinski definition) is 0. The Morgan fingerprint density at radius 2 is 2.00 bits per heavy atom. The van der Waals surface area contributed by atoms with Crippen LogP contribution in [0.15, 0.2) is 22.7 Å². The molecule has 15 heavy (non-hydrogen) atoms. The second-order valence-electron chi connectivity index (χ2n) is 3.53. The molecule has 1 aliphatic rings. The third-order valence-corrected chi connectivity index (χ3v) is 2.98. The van der Waals surface area contributed by atoms with Gasteiger partial charge >= 0.3 is 0 Å². The van der Waals surface area contributed by atoms with Crippen molar-refractivity contribution >= 4 is 27.5 Å². The predicted molar refractivity (Wildman–Crippen MR) is 63.6 cm³/mol. The van der Waals surface area contributed by atoms with Gasteiger partial charge in [-0.15, -0.1) is 0 Å². The molecule has 2 nitrogen and oxygen atoms in total. The smallest absolute Gasteiger partial charge is 0.122 e. The van der Waals surface area contributed by atoms with Crippen LogP contribution in [0, 0.1) is 0 Å². The zero-order valence-corrected chi connectivity index (χ0v) is 10.6. The zero-order valence-electron chi connectivity index (χ0n) is 8.21. The average molecular weight is 292 g/mol. The molecule has 0 saturated carbocycles. The van der Waals surface area contributed by atoms with Gasteiger partial charge in [-0.05, 0) is 18.2 Å². The minimum Gasteiger partial charge on any atom is -0.490 e. The Labute approximate surface area is 103 Å². The zero-order chi connectivity index (χ0) is 10.7. The molecule has 0 atom stereocenters. The van der Waals surface area contributed by atoms with Crippen LogP contribution in [0.2, 0.25) is 5.02 Å². The van der Waals surface area contributed by atoms with E-state index < -0.39 is 0 Å². The fourth-order valence-corrected chi connectivity index (χ4v) is 2.41. The first-order valence-corrected chi connectivity index (χ1v) is 6.11. The fraction of sp³-hybridized carbons (Fsp3) is 0.455. The number of benzene rings is 1. The first-order valence-electron chi connectivity index (χ1n) is 4.94. The summed E-state index contributed by atoms with van der Waals surface area (Å²) >= 11 is 9.32. The van der Waals surface area contributed by atoms with Gasteiger partial charge < -0.3 is 9.47 Å². The van der Waals surface area contributed by atoms with Crippen molar-refractivity contribution in [2.75, 3.05) is 13.2 Å². The lowest BCUT2D eigenvalue weighted by atomic mass is 10.1. The van der Waals surface area contributed by atoms with Crippen molar-refractivity contribution in [2.45, 2.75) is 18.9 Å². The highest BCUT2D eigenvalue weighted by Gasteiger charge is 2.15. The van der Waals surface area contributed by atoms with E-state index >= 15 is 0 Å². The molecule has 0 spiro atoms. The van der Waals surface area contributed by atoms with E-state index in [2.05, 4.69) is 15.9 Å². The molecule has 1 fully saturated rings. The molecule has 1 heterocycles. The predicted octanol–water partition coefficient (Wildman–Crippen LogP) is 3.66. The van der Waals surface area contributed by atoms with Crippen LogP contribution in [0.3, 0.4) is 0 Å². The van der Waals surface area contributed by atoms with Gasteiger partial charge in [0.25, 0.3) is 0 Å². The van der Waals surface area contributed by atoms with Crippen LogP contribution in [0.5, 0.6) is 5.75 Å².